The molecule has 1 fully saturated rings. The van der Waals surface area contributed by atoms with Gasteiger partial charge in [0.2, 0.25) is 15.9 Å². The van der Waals surface area contributed by atoms with E-state index in [-0.39, 0.29) is 44.8 Å². The molecule has 2 aromatic carbocycles. The Kier molecular flexibility index (Phi) is 6.98. The first-order chi connectivity index (χ1) is 16.5. The summed E-state index contributed by atoms with van der Waals surface area (Å²) >= 11 is 5.91. The lowest BCUT2D eigenvalue weighted by Gasteiger charge is -2.36. The number of halogens is 4. The Morgan fingerprint density at radius 1 is 1.17 bits per heavy atom. The molecule has 35 heavy (non-hydrogen) atoms. The lowest BCUT2D eigenvalue weighted by Crippen LogP contribution is -2.47. The molecule has 0 atom stereocenters. The highest BCUT2D eigenvalue weighted by molar-refractivity contribution is 7.89. The van der Waals surface area contributed by atoms with Crippen LogP contribution in [0.2, 0.25) is 5.02 Å². The Balaban J connectivity index is 1.30. The van der Waals surface area contributed by atoms with E-state index in [0.717, 1.165) is 28.1 Å². The molecule has 0 saturated carbocycles. The Labute approximate surface area is 204 Å². The van der Waals surface area contributed by atoms with Crippen LogP contribution in [0.15, 0.2) is 58.6 Å². The zero-order valence-corrected chi connectivity index (χ0v) is 19.8. The standard InChI is InChI=1S/C22H21ClF3N3O5S/c23-17-5-1-3-15(11-17)14-27-20(30)33-19-13-21(34-28-19)7-9-29(10-8-21)35(31,32)18-6-2-4-16(12-18)22(24,25)26/h1-6,11-12H,7-10,13-14H2,(H,27,30). The van der Waals surface area contributed by atoms with Crippen LogP contribution in [0.1, 0.15) is 30.4 Å². The molecule has 2 aliphatic heterocycles. The van der Waals surface area contributed by atoms with Gasteiger partial charge in [-0.05, 0) is 35.9 Å². The molecule has 8 nitrogen and oxygen atoms in total. The van der Waals surface area contributed by atoms with Gasteiger partial charge in [-0.25, -0.2) is 13.2 Å². The summed E-state index contributed by atoms with van der Waals surface area (Å²) in [6, 6.07) is 10.6. The van der Waals surface area contributed by atoms with Crippen LogP contribution in [0, 0.1) is 0 Å². The number of alkyl carbamates (subject to hydrolysis) is 1. The van der Waals surface area contributed by atoms with E-state index in [1.807, 2.05) is 0 Å². The molecule has 1 saturated heterocycles. The molecule has 0 aromatic heterocycles. The van der Waals surface area contributed by atoms with Gasteiger partial charge in [-0.2, -0.15) is 17.5 Å². The second kappa shape index (κ2) is 9.67. The molecule has 1 spiro atoms. The van der Waals surface area contributed by atoms with Gasteiger partial charge in [-0.3, -0.25) is 0 Å². The van der Waals surface area contributed by atoms with Crippen molar-refractivity contribution in [1.29, 1.82) is 0 Å². The van der Waals surface area contributed by atoms with Crippen molar-refractivity contribution in [3.63, 3.8) is 0 Å². The van der Waals surface area contributed by atoms with E-state index in [9.17, 15) is 26.4 Å². The summed E-state index contributed by atoms with van der Waals surface area (Å²) in [6.07, 6.45) is -4.76. The average molecular weight is 532 g/mol. The predicted octanol–water partition coefficient (Wildman–Crippen LogP) is 4.54. The Morgan fingerprint density at radius 3 is 2.57 bits per heavy atom. The van der Waals surface area contributed by atoms with Crippen LogP contribution in [-0.4, -0.2) is 43.4 Å². The van der Waals surface area contributed by atoms with Crippen molar-refractivity contribution in [2.75, 3.05) is 13.1 Å². The third-order valence-corrected chi connectivity index (χ3v) is 7.91. The molecule has 188 valence electrons. The van der Waals surface area contributed by atoms with Crippen LogP contribution in [-0.2, 0) is 32.3 Å². The molecule has 13 heteroatoms. The minimum absolute atomic E-state index is 0.0162. The first-order valence-electron chi connectivity index (χ1n) is 10.6. The van der Waals surface area contributed by atoms with Crippen LogP contribution >= 0.6 is 11.6 Å². The SMILES string of the molecule is O=C(NCc1cccc(Cl)c1)OC1=NOC2(CCN(S(=O)(=O)c3cccc(C(F)(F)F)c3)CC2)C1. The zero-order valence-electron chi connectivity index (χ0n) is 18.2. The third kappa shape index (κ3) is 5.88. The largest absolute Gasteiger partial charge is 0.416 e. The van der Waals surface area contributed by atoms with E-state index in [0.29, 0.717) is 11.1 Å². The summed E-state index contributed by atoms with van der Waals surface area (Å²) in [6.45, 7) is 0.228. The fourth-order valence-corrected chi connectivity index (χ4v) is 5.59. The molecule has 1 N–H and O–H groups in total. The highest BCUT2D eigenvalue weighted by Crippen LogP contribution is 2.37. The molecule has 0 bridgehead atoms. The van der Waals surface area contributed by atoms with Crippen molar-refractivity contribution in [3.05, 3.63) is 64.7 Å². The summed E-state index contributed by atoms with van der Waals surface area (Å²) in [5.74, 6) is 0.0581. The van der Waals surface area contributed by atoms with Gasteiger partial charge in [-0.15, -0.1) is 0 Å². The summed E-state index contributed by atoms with van der Waals surface area (Å²) in [7, 11) is -4.12. The summed E-state index contributed by atoms with van der Waals surface area (Å²) in [4.78, 5) is 17.2. The maximum atomic E-state index is 13.0. The van der Waals surface area contributed by atoms with Crippen molar-refractivity contribution in [1.82, 2.24) is 9.62 Å². The zero-order chi connectivity index (χ0) is 25.3. The molecular weight excluding hydrogens is 511 g/mol. The molecule has 0 aliphatic carbocycles. The van der Waals surface area contributed by atoms with Gasteiger partial charge in [0.15, 0.2) is 0 Å². The molecule has 2 aliphatic rings. The molecule has 1 amide bonds. The number of benzene rings is 2. The van der Waals surface area contributed by atoms with Crippen LogP contribution < -0.4 is 5.32 Å². The number of amides is 1. The quantitative estimate of drug-likeness (QED) is 0.624. The van der Waals surface area contributed by atoms with E-state index in [1.165, 1.54) is 0 Å². The number of nitrogens with zero attached hydrogens (tertiary/aromatic N) is 2. The fourth-order valence-electron chi connectivity index (χ4n) is 3.89. The Bertz CT molecular complexity index is 1240. The van der Waals surface area contributed by atoms with Crippen LogP contribution in [0.25, 0.3) is 0 Å². The number of oxime groups is 1. The molecule has 2 aromatic rings. The van der Waals surface area contributed by atoms with Gasteiger partial charge >= 0.3 is 12.3 Å². The third-order valence-electron chi connectivity index (χ3n) is 5.78. The van der Waals surface area contributed by atoms with E-state index >= 15 is 0 Å². The number of nitrogens with one attached hydrogen (secondary N) is 1. The summed E-state index contributed by atoms with van der Waals surface area (Å²) in [5, 5.41) is 6.94. The van der Waals surface area contributed by atoms with Crippen LogP contribution in [0.5, 0.6) is 0 Å². The predicted molar refractivity (Wildman–Crippen MR) is 120 cm³/mol. The second-order valence-corrected chi connectivity index (χ2v) is 10.6. The number of alkyl halides is 3. The van der Waals surface area contributed by atoms with Gasteiger partial charge in [0, 0.05) is 37.5 Å². The first-order valence-corrected chi connectivity index (χ1v) is 12.4. The molecule has 0 unspecified atom stereocenters. The highest BCUT2D eigenvalue weighted by Gasteiger charge is 2.46. The lowest BCUT2D eigenvalue weighted by atomic mass is 9.89. The number of carbonyl (C=O) groups is 1. The van der Waals surface area contributed by atoms with Crippen molar-refractivity contribution in [2.24, 2.45) is 5.16 Å². The minimum atomic E-state index is -4.65. The van der Waals surface area contributed by atoms with Gasteiger partial charge in [0.05, 0.1) is 16.9 Å². The van der Waals surface area contributed by atoms with Gasteiger partial charge in [0.1, 0.15) is 5.60 Å². The number of sulfonamides is 1. The molecular formula is C22H21ClF3N3O5S. The van der Waals surface area contributed by atoms with Crippen molar-refractivity contribution < 1.29 is 36.0 Å². The monoisotopic (exact) mass is 531 g/mol. The minimum Gasteiger partial charge on any atom is -0.392 e. The average Bonchev–Trinajstić information content (AvgIpc) is 3.19. The number of carbonyl (C=O) groups excluding carboxylic acids is 1. The maximum Gasteiger partial charge on any atom is 0.416 e. The van der Waals surface area contributed by atoms with E-state index in [1.54, 1.807) is 24.3 Å². The number of hydrogen-bond acceptors (Lipinski definition) is 6. The number of piperidine rings is 1. The molecule has 4 rings (SSSR count). The Hall–Kier alpha value is -2.83. The van der Waals surface area contributed by atoms with Crippen molar-refractivity contribution >= 4 is 33.6 Å². The number of ether oxygens (including phenoxy) is 1. The van der Waals surface area contributed by atoms with Crippen molar-refractivity contribution in [3.8, 4) is 0 Å². The van der Waals surface area contributed by atoms with Gasteiger partial charge in [0.25, 0.3) is 0 Å². The van der Waals surface area contributed by atoms with Crippen LogP contribution in [0.4, 0.5) is 18.0 Å². The number of hydrogen-bond donors (Lipinski definition) is 1. The maximum absolute atomic E-state index is 13.0. The topological polar surface area (TPSA) is 97.3 Å². The smallest absolute Gasteiger partial charge is 0.392 e. The summed E-state index contributed by atoms with van der Waals surface area (Å²) < 4.78 is 71.1. The molecule has 0 radical (unpaired) electrons. The van der Waals surface area contributed by atoms with Crippen molar-refractivity contribution in [2.45, 2.75) is 42.5 Å². The number of rotatable bonds is 4. The normalized spacial score (nSPS) is 18.1. The van der Waals surface area contributed by atoms with E-state index in [4.69, 9.17) is 21.2 Å². The lowest BCUT2D eigenvalue weighted by molar-refractivity contribution is -0.137. The fraction of sp³-hybridized carbons (Fsp3) is 0.364. The van der Waals surface area contributed by atoms with Gasteiger partial charge in [-0.1, -0.05) is 35.0 Å². The highest BCUT2D eigenvalue weighted by atomic mass is 35.5. The van der Waals surface area contributed by atoms with Crippen LogP contribution in [0.3, 0.4) is 0 Å². The van der Waals surface area contributed by atoms with Gasteiger partial charge < -0.3 is 14.9 Å². The second-order valence-electron chi connectivity index (χ2n) is 8.24. The first kappa shape index (κ1) is 25.3. The van der Waals surface area contributed by atoms with E-state index in [2.05, 4.69) is 10.5 Å². The van der Waals surface area contributed by atoms with E-state index < -0.39 is 38.4 Å². The summed E-state index contributed by atoms with van der Waals surface area (Å²) in [5.41, 5.74) is -1.09. The Morgan fingerprint density at radius 2 is 1.89 bits per heavy atom. The molecule has 2 heterocycles.